The zero-order chi connectivity index (χ0) is 23.5. The number of hydrogen-bond acceptors (Lipinski definition) is 7. The molecule has 4 rings (SSSR count). The van der Waals surface area contributed by atoms with Crippen LogP contribution in [0, 0.1) is 12.8 Å². The summed E-state index contributed by atoms with van der Waals surface area (Å²) >= 11 is 1.49. The van der Waals surface area contributed by atoms with E-state index in [4.69, 9.17) is 0 Å². The lowest BCUT2D eigenvalue weighted by molar-refractivity contribution is 0.0457. The molecule has 1 atom stereocenters. The Kier molecular flexibility index (Phi) is 7.66. The fraction of sp³-hybridized carbons (Fsp3) is 0.640. The van der Waals surface area contributed by atoms with Crippen molar-refractivity contribution in [2.75, 3.05) is 50.8 Å². The number of rotatable bonds is 7. The van der Waals surface area contributed by atoms with Crippen LogP contribution >= 0.6 is 11.3 Å². The fourth-order valence-corrected chi connectivity index (χ4v) is 6.43. The van der Waals surface area contributed by atoms with Gasteiger partial charge < -0.3 is 14.9 Å². The highest BCUT2D eigenvalue weighted by atomic mass is 32.1. The van der Waals surface area contributed by atoms with E-state index in [1.165, 1.54) is 11.3 Å². The number of aliphatic hydroxyl groups is 1. The van der Waals surface area contributed by atoms with Gasteiger partial charge in [0.15, 0.2) is 0 Å². The number of likely N-dealkylation sites (N-methyl/N-ethyl adjacent to an activating group) is 1. The fourth-order valence-electron chi connectivity index (χ4n) is 5.31. The van der Waals surface area contributed by atoms with Crippen molar-refractivity contribution in [3.8, 4) is 0 Å². The Hall–Kier alpha value is -2.03. The maximum absolute atomic E-state index is 13.5. The molecule has 8 heteroatoms. The lowest BCUT2D eigenvalue weighted by atomic mass is 9.94. The first kappa shape index (κ1) is 24.1. The van der Waals surface area contributed by atoms with Crippen LogP contribution in [0.1, 0.15) is 54.8 Å². The summed E-state index contributed by atoms with van der Waals surface area (Å²) in [5.74, 6) is 1.41. The molecule has 7 nitrogen and oxygen atoms in total. The minimum absolute atomic E-state index is 0.120. The van der Waals surface area contributed by atoms with Gasteiger partial charge in [0.1, 0.15) is 17.0 Å². The first-order chi connectivity index (χ1) is 15.9. The van der Waals surface area contributed by atoms with E-state index in [1.54, 1.807) is 6.33 Å². The molecule has 2 aliphatic rings. The third-order valence-electron chi connectivity index (χ3n) is 7.12. The van der Waals surface area contributed by atoms with Crippen LogP contribution in [0.5, 0.6) is 0 Å². The Balaban J connectivity index is 1.49. The molecule has 180 valence electrons. The van der Waals surface area contributed by atoms with E-state index < -0.39 is 0 Å². The first-order valence-electron chi connectivity index (χ1n) is 12.2. The number of carbonyl (C=O) groups excluding carboxylic acids is 1. The zero-order valence-corrected chi connectivity index (χ0v) is 21.0. The SMILES string of the molecule is C=C(C)CN(CC)c1ncnc2sc(C(=O)N3CCC(N4CCC[C@@H](CO)C4)CC3)c(C)c12. The van der Waals surface area contributed by atoms with Gasteiger partial charge in [-0.05, 0) is 64.5 Å². The van der Waals surface area contributed by atoms with Crippen molar-refractivity contribution in [2.24, 2.45) is 5.92 Å². The Labute approximate surface area is 201 Å². The van der Waals surface area contributed by atoms with E-state index >= 15 is 0 Å². The van der Waals surface area contributed by atoms with Crippen molar-refractivity contribution in [2.45, 2.75) is 52.5 Å². The normalized spacial score (nSPS) is 20.4. The van der Waals surface area contributed by atoms with Gasteiger partial charge in [-0.2, -0.15) is 0 Å². The molecule has 33 heavy (non-hydrogen) atoms. The summed E-state index contributed by atoms with van der Waals surface area (Å²) in [6, 6.07) is 0.518. The monoisotopic (exact) mass is 471 g/mol. The second-order valence-electron chi connectivity index (χ2n) is 9.61. The summed E-state index contributed by atoms with van der Waals surface area (Å²) in [4.78, 5) is 31.0. The smallest absolute Gasteiger partial charge is 0.264 e. The summed E-state index contributed by atoms with van der Waals surface area (Å²) in [6.45, 7) is 15.7. The lowest BCUT2D eigenvalue weighted by Gasteiger charge is -2.42. The molecule has 0 saturated carbocycles. The Morgan fingerprint density at radius 3 is 2.70 bits per heavy atom. The van der Waals surface area contributed by atoms with Crippen LogP contribution in [-0.4, -0.2) is 82.7 Å². The largest absolute Gasteiger partial charge is 0.396 e. The first-order valence-corrected chi connectivity index (χ1v) is 13.0. The molecule has 2 aliphatic heterocycles. The number of piperidine rings is 2. The highest BCUT2D eigenvalue weighted by molar-refractivity contribution is 7.20. The Morgan fingerprint density at radius 1 is 1.27 bits per heavy atom. The molecular weight excluding hydrogens is 434 g/mol. The van der Waals surface area contributed by atoms with E-state index in [0.717, 1.165) is 97.0 Å². The maximum atomic E-state index is 13.5. The van der Waals surface area contributed by atoms with E-state index in [0.29, 0.717) is 12.0 Å². The second kappa shape index (κ2) is 10.5. The van der Waals surface area contributed by atoms with Crippen molar-refractivity contribution in [3.05, 3.63) is 28.9 Å². The lowest BCUT2D eigenvalue weighted by Crippen LogP contribution is -2.50. The number of likely N-dealkylation sites (tertiary alicyclic amines) is 2. The third kappa shape index (κ3) is 5.08. The van der Waals surface area contributed by atoms with Gasteiger partial charge in [-0.15, -0.1) is 11.3 Å². The number of amides is 1. The standard InChI is InChI=1S/C25H37N5O2S/c1-5-28(13-17(2)3)23-21-18(4)22(33-24(21)27-16-26-23)25(32)29-11-8-20(9-12-29)30-10-6-7-19(14-30)15-31/h16,19-20,31H,2,5-15H2,1,3-4H3/t19-/m1/s1. The van der Waals surface area contributed by atoms with E-state index in [1.807, 2.05) is 18.7 Å². The van der Waals surface area contributed by atoms with Crippen molar-refractivity contribution >= 4 is 33.3 Å². The van der Waals surface area contributed by atoms with Crippen LogP contribution in [0.4, 0.5) is 5.82 Å². The quantitative estimate of drug-likeness (QED) is 0.621. The molecule has 4 heterocycles. The van der Waals surface area contributed by atoms with Gasteiger partial charge in [0.25, 0.3) is 5.91 Å². The Bertz CT molecular complexity index is 998. The van der Waals surface area contributed by atoms with Crippen molar-refractivity contribution in [3.63, 3.8) is 0 Å². The average molecular weight is 472 g/mol. The van der Waals surface area contributed by atoms with Crippen LogP contribution in [0.2, 0.25) is 0 Å². The number of anilines is 1. The van der Waals surface area contributed by atoms with Crippen molar-refractivity contribution in [1.82, 2.24) is 19.8 Å². The Morgan fingerprint density at radius 2 is 2.03 bits per heavy atom. The zero-order valence-electron chi connectivity index (χ0n) is 20.2. The molecule has 0 aromatic carbocycles. The summed E-state index contributed by atoms with van der Waals surface area (Å²) in [5, 5.41) is 10.5. The molecule has 0 aliphatic carbocycles. The molecule has 1 N–H and O–H groups in total. The summed E-state index contributed by atoms with van der Waals surface area (Å²) in [5.41, 5.74) is 2.06. The molecular formula is C25H37N5O2S. The maximum Gasteiger partial charge on any atom is 0.264 e. The minimum Gasteiger partial charge on any atom is -0.396 e. The summed E-state index contributed by atoms with van der Waals surface area (Å²) < 4.78 is 0. The highest BCUT2D eigenvalue weighted by Gasteiger charge is 2.32. The molecule has 0 bridgehead atoms. The van der Waals surface area contributed by atoms with Gasteiger partial charge in [-0.3, -0.25) is 9.69 Å². The van der Waals surface area contributed by atoms with Crippen LogP contribution in [0.25, 0.3) is 10.2 Å². The number of nitrogens with zero attached hydrogens (tertiary/aromatic N) is 5. The average Bonchev–Trinajstić information content (AvgIpc) is 3.18. The summed E-state index contributed by atoms with van der Waals surface area (Å²) in [6.07, 6.45) is 5.89. The number of aliphatic hydroxyl groups excluding tert-OH is 1. The third-order valence-corrected chi connectivity index (χ3v) is 8.31. The van der Waals surface area contributed by atoms with Gasteiger partial charge in [0.2, 0.25) is 0 Å². The van der Waals surface area contributed by atoms with E-state index in [2.05, 4.69) is 33.3 Å². The van der Waals surface area contributed by atoms with Crippen LogP contribution < -0.4 is 4.90 Å². The van der Waals surface area contributed by atoms with E-state index in [9.17, 15) is 9.90 Å². The van der Waals surface area contributed by atoms with Crippen molar-refractivity contribution in [1.29, 1.82) is 0 Å². The molecule has 0 radical (unpaired) electrons. The van der Waals surface area contributed by atoms with Crippen molar-refractivity contribution < 1.29 is 9.90 Å². The molecule has 2 aromatic heterocycles. The molecule has 0 unspecified atom stereocenters. The van der Waals surface area contributed by atoms with Gasteiger partial charge in [-0.1, -0.05) is 12.2 Å². The highest BCUT2D eigenvalue weighted by Crippen LogP contribution is 2.36. The van der Waals surface area contributed by atoms with Gasteiger partial charge in [0.05, 0.1) is 10.3 Å². The van der Waals surface area contributed by atoms with E-state index in [-0.39, 0.29) is 12.5 Å². The number of carbonyl (C=O) groups is 1. The van der Waals surface area contributed by atoms with Crippen LogP contribution in [-0.2, 0) is 0 Å². The van der Waals surface area contributed by atoms with Gasteiger partial charge >= 0.3 is 0 Å². The van der Waals surface area contributed by atoms with Gasteiger partial charge in [-0.25, -0.2) is 9.97 Å². The molecule has 0 spiro atoms. The molecule has 2 saturated heterocycles. The second-order valence-corrected chi connectivity index (χ2v) is 10.6. The topological polar surface area (TPSA) is 72.8 Å². The minimum atomic E-state index is 0.120. The van der Waals surface area contributed by atoms with Crippen LogP contribution in [0.15, 0.2) is 18.5 Å². The number of aromatic nitrogens is 2. The number of aryl methyl sites for hydroxylation is 1. The molecule has 2 aromatic rings. The predicted molar refractivity (Wildman–Crippen MR) is 135 cm³/mol. The summed E-state index contributed by atoms with van der Waals surface area (Å²) in [7, 11) is 0. The molecule has 1 amide bonds. The predicted octanol–water partition coefficient (Wildman–Crippen LogP) is 3.71. The van der Waals surface area contributed by atoms with Crippen LogP contribution in [0.3, 0.4) is 0 Å². The number of thiophene rings is 1. The number of hydrogen-bond donors (Lipinski definition) is 1. The number of fused-ring (bicyclic) bond motifs is 1. The van der Waals surface area contributed by atoms with Gasteiger partial charge in [0, 0.05) is 45.4 Å². The molecule has 2 fully saturated rings.